The molecule has 4 aliphatic carbocycles. The molecule has 3 atom stereocenters. The Hall–Kier alpha value is -1.86. The molecule has 5 rings (SSSR count). The first kappa shape index (κ1) is 19.1. The number of rotatable bonds is 4. The summed E-state index contributed by atoms with van der Waals surface area (Å²) in [4.78, 5) is 0. The maximum atomic E-state index is 5.94. The van der Waals surface area contributed by atoms with Crippen molar-refractivity contribution in [3.8, 4) is 0 Å². The molecule has 4 aliphatic rings. The van der Waals surface area contributed by atoms with Gasteiger partial charge in [-0.25, -0.2) is 0 Å². The highest BCUT2D eigenvalue weighted by Gasteiger charge is 2.32. The molecule has 1 aromatic carbocycles. The fraction of sp³-hybridized carbons (Fsp3) is 0.500. The topological polar surface area (TPSA) is 26.0 Å². The van der Waals surface area contributed by atoms with Gasteiger partial charge in [0.15, 0.2) is 0 Å². The van der Waals surface area contributed by atoms with Gasteiger partial charge in [-0.3, -0.25) is 0 Å². The lowest BCUT2D eigenvalue weighted by atomic mass is 9.68. The Kier molecular flexibility index (Phi) is 5.12. The lowest BCUT2D eigenvalue weighted by molar-refractivity contribution is 0.328. The van der Waals surface area contributed by atoms with E-state index in [1.165, 1.54) is 47.3 Å². The molecule has 0 radical (unpaired) electrons. The summed E-state index contributed by atoms with van der Waals surface area (Å²) >= 11 is 0. The van der Waals surface area contributed by atoms with Crippen molar-refractivity contribution in [1.82, 2.24) is 0 Å². The normalized spacial score (nSPS) is 28.1. The van der Waals surface area contributed by atoms with Gasteiger partial charge in [-0.1, -0.05) is 80.9 Å². The molecule has 0 saturated heterocycles. The standard InChI is InChI=1S/C28H35N/c1-18(2)28-20(16-17-29)10-11-26-25-13-12-23-21(19-6-3-4-7-19)8-5-9-22(23)24(25)14-15-27(26)28/h5,8-14,18-21,28H,3-4,6-7,15-17,29H2,1-2H3. The molecule has 0 aliphatic heterocycles. The zero-order chi connectivity index (χ0) is 20.0. The summed E-state index contributed by atoms with van der Waals surface area (Å²) in [5, 5.41) is 2.98. The Bertz CT molecular complexity index is 997. The summed E-state index contributed by atoms with van der Waals surface area (Å²) in [5.41, 5.74) is 12.1. The highest BCUT2D eigenvalue weighted by molar-refractivity contribution is 5.82. The maximum Gasteiger partial charge on any atom is 0.00555 e. The van der Waals surface area contributed by atoms with Gasteiger partial charge >= 0.3 is 0 Å². The monoisotopic (exact) mass is 385 g/mol. The molecule has 1 aromatic rings. The van der Waals surface area contributed by atoms with E-state index in [2.05, 4.69) is 62.4 Å². The largest absolute Gasteiger partial charge is 0.330 e. The zero-order valence-electron chi connectivity index (χ0n) is 18.0. The summed E-state index contributed by atoms with van der Waals surface area (Å²) in [7, 11) is 0. The highest BCUT2D eigenvalue weighted by atomic mass is 14.5. The highest BCUT2D eigenvalue weighted by Crippen LogP contribution is 2.43. The maximum absolute atomic E-state index is 5.94. The second-order valence-electron chi connectivity index (χ2n) is 9.87. The zero-order valence-corrected chi connectivity index (χ0v) is 18.0. The molecule has 0 amide bonds. The van der Waals surface area contributed by atoms with Crippen LogP contribution in [0.4, 0.5) is 0 Å². The minimum Gasteiger partial charge on any atom is -0.330 e. The lowest BCUT2D eigenvalue weighted by Crippen LogP contribution is -2.37. The molecule has 29 heavy (non-hydrogen) atoms. The van der Waals surface area contributed by atoms with Crippen molar-refractivity contribution >= 4 is 17.7 Å². The van der Waals surface area contributed by atoms with E-state index in [4.69, 9.17) is 5.73 Å². The van der Waals surface area contributed by atoms with Crippen LogP contribution in [-0.4, -0.2) is 6.54 Å². The fourth-order valence-corrected chi connectivity index (χ4v) is 6.66. The van der Waals surface area contributed by atoms with Gasteiger partial charge in [0.1, 0.15) is 0 Å². The van der Waals surface area contributed by atoms with Crippen molar-refractivity contribution in [3.63, 3.8) is 0 Å². The SMILES string of the molecule is CC(C)C1C2=C(C=CC1CCN)c1ccc3c(c1=CC2)=CC=CC3C1CCCC1. The average Bonchev–Trinajstić information content (AvgIpc) is 3.27. The minimum absolute atomic E-state index is 0.590. The van der Waals surface area contributed by atoms with E-state index >= 15 is 0 Å². The van der Waals surface area contributed by atoms with Crippen LogP contribution in [0.1, 0.15) is 69.4 Å². The van der Waals surface area contributed by atoms with Crippen molar-refractivity contribution in [3.05, 3.63) is 63.6 Å². The van der Waals surface area contributed by atoms with Gasteiger partial charge in [0.25, 0.3) is 0 Å². The Labute approximate surface area is 175 Å². The van der Waals surface area contributed by atoms with Crippen LogP contribution in [0, 0.1) is 23.7 Å². The summed E-state index contributed by atoms with van der Waals surface area (Å²) in [6, 6.07) is 4.88. The Morgan fingerprint density at radius 2 is 1.90 bits per heavy atom. The molecule has 1 fully saturated rings. The number of nitrogens with two attached hydrogens (primary N) is 1. The summed E-state index contributed by atoms with van der Waals surface area (Å²) in [6.07, 6.45) is 22.4. The van der Waals surface area contributed by atoms with Gasteiger partial charge < -0.3 is 5.73 Å². The summed E-state index contributed by atoms with van der Waals surface area (Å²) in [6.45, 7) is 5.54. The first-order valence-corrected chi connectivity index (χ1v) is 11.8. The summed E-state index contributed by atoms with van der Waals surface area (Å²) in [5.74, 6) is 3.31. The molecule has 3 unspecified atom stereocenters. The van der Waals surface area contributed by atoms with E-state index in [-0.39, 0.29) is 0 Å². The van der Waals surface area contributed by atoms with Gasteiger partial charge in [0.2, 0.25) is 0 Å². The van der Waals surface area contributed by atoms with Gasteiger partial charge in [-0.05, 0) is 83.0 Å². The molecule has 2 N–H and O–H groups in total. The average molecular weight is 386 g/mol. The predicted octanol–water partition coefficient (Wildman–Crippen LogP) is 5.06. The van der Waals surface area contributed by atoms with Crippen molar-refractivity contribution in [2.75, 3.05) is 6.54 Å². The molecular formula is C28H35N. The molecular weight excluding hydrogens is 350 g/mol. The third-order valence-electron chi connectivity index (χ3n) is 7.92. The fourth-order valence-electron chi connectivity index (χ4n) is 6.66. The van der Waals surface area contributed by atoms with Crippen LogP contribution in [0.5, 0.6) is 0 Å². The number of hydrogen-bond acceptors (Lipinski definition) is 1. The van der Waals surface area contributed by atoms with E-state index in [9.17, 15) is 0 Å². The molecule has 1 heteroatoms. The Morgan fingerprint density at radius 3 is 2.66 bits per heavy atom. The van der Waals surface area contributed by atoms with Crippen LogP contribution in [-0.2, 0) is 0 Å². The van der Waals surface area contributed by atoms with E-state index in [0.29, 0.717) is 23.7 Å². The first-order chi connectivity index (χ1) is 14.2. The van der Waals surface area contributed by atoms with E-state index in [1.54, 1.807) is 11.1 Å². The van der Waals surface area contributed by atoms with E-state index in [1.807, 2.05) is 0 Å². The van der Waals surface area contributed by atoms with Gasteiger partial charge in [-0.15, -0.1) is 0 Å². The van der Waals surface area contributed by atoms with Gasteiger partial charge in [0.05, 0.1) is 0 Å². The quantitative estimate of drug-likeness (QED) is 0.771. The predicted molar refractivity (Wildman–Crippen MR) is 125 cm³/mol. The van der Waals surface area contributed by atoms with E-state index < -0.39 is 0 Å². The molecule has 0 heterocycles. The van der Waals surface area contributed by atoms with Gasteiger partial charge in [-0.2, -0.15) is 0 Å². The molecule has 1 nitrogen and oxygen atoms in total. The number of allylic oxidation sites excluding steroid dienone is 6. The van der Waals surface area contributed by atoms with Crippen LogP contribution in [0.2, 0.25) is 0 Å². The van der Waals surface area contributed by atoms with Gasteiger partial charge in [0, 0.05) is 5.92 Å². The molecule has 0 spiro atoms. The van der Waals surface area contributed by atoms with Crippen LogP contribution < -0.4 is 16.2 Å². The van der Waals surface area contributed by atoms with Crippen LogP contribution in [0.3, 0.4) is 0 Å². The molecule has 0 aromatic heterocycles. The minimum atomic E-state index is 0.590. The van der Waals surface area contributed by atoms with E-state index in [0.717, 1.165) is 25.3 Å². The van der Waals surface area contributed by atoms with Crippen molar-refractivity contribution in [2.45, 2.75) is 58.3 Å². The first-order valence-electron chi connectivity index (χ1n) is 11.8. The van der Waals surface area contributed by atoms with Crippen LogP contribution >= 0.6 is 0 Å². The van der Waals surface area contributed by atoms with Crippen molar-refractivity contribution in [1.29, 1.82) is 0 Å². The number of fused-ring (bicyclic) bond motifs is 4. The second-order valence-corrected chi connectivity index (χ2v) is 9.87. The second kappa shape index (κ2) is 7.76. The number of benzene rings is 1. The smallest absolute Gasteiger partial charge is 0.00555 e. The van der Waals surface area contributed by atoms with Crippen LogP contribution in [0.15, 0.2) is 42.0 Å². The molecule has 0 bridgehead atoms. The Balaban J connectivity index is 1.59. The van der Waals surface area contributed by atoms with Crippen LogP contribution in [0.25, 0.3) is 17.7 Å². The number of hydrogen-bond donors (Lipinski definition) is 1. The summed E-state index contributed by atoms with van der Waals surface area (Å²) < 4.78 is 0. The molecule has 152 valence electrons. The van der Waals surface area contributed by atoms with Crippen molar-refractivity contribution in [2.24, 2.45) is 29.4 Å². The third-order valence-corrected chi connectivity index (χ3v) is 7.92. The molecule has 1 saturated carbocycles. The lowest BCUT2D eigenvalue weighted by Gasteiger charge is -2.36. The Morgan fingerprint density at radius 1 is 1.07 bits per heavy atom. The third kappa shape index (κ3) is 3.19. The van der Waals surface area contributed by atoms with Crippen molar-refractivity contribution < 1.29 is 0 Å².